The van der Waals surface area contributed by atoms with Crippen molar-refractivity contribution in [2.75, 3.05) is 13.2 Å². The minimum Gasteiger partial charge on any atom is -0.481 e. The van der Waals surface area contributed by atoms with Crippen LogP contribution in [0.1, 0.15) is 18.4 Å². The third kappa shape index (κ3) is 3.30. The first-order chi connectivity index (χ1) is 8.27. The smallest absolute Gasteiger partial charge is 0.307 e. The van der Waals surface area contributed by atoms with Gasteiger partial charge in [0, 0.05) is 13.2 Å². The van der Waals surface area contributed by atoms with Crippen LogP contribution in [0.4, 0.5) is 0 Å². The largest absolute Gasteiger partial charge is 0.481 e. The Morgan fingerprint density at radius 1 is 1.29 bits per heavy atom. The van der Waals surface area contributed by atoms with Crippen molar-refractivity contribution in [2.45, 2.75) is 19.3 Å². The molecule has 2 rings (SSSR count). The molecular formula is C14H18O3. The van der Waals surface area contributed by atoms with Crippen molar-refractivity contribution in [1.82, 2.24) is 0 Å². The molecule has 3 heteroatoms. The molecule has 1 aliphatic heterocycles. The first-order valence-electron chi connectivity index (χ1n) is 6.12. The molecule has 0 spiro atoms. The van der Waals surface area contributed by atoms with E-state index in [2.05, 4.69) is 0 Å². The van der Waals surface area contributed by atoms with Crippen LogP contribution in [0.3, 0.4) is 0 Å². The zero-order valence-corrected chi connectivity index (χ0v) is 9.84. The second-order valence-electron chi connectivity index (χ2n) is 4.58. The number of benzene rings is 1. The fraction of sp³-hybridized carbons (Fsp3) is 0.500. The molecule has 0 bridgehead atoms. The lowest BCUT2D eigenvalue weighted by atomic mass is 9.82. The lowest BCUT2D eigenvalue weighted by Gasteiger charge is -2.27. The van der Waals surface area contributed by atoms with E-state index in [1.807, 2.05) is 30.3 Å². The van der Waals surface area contributed by atoms with Crippen molar-refractivity contribution in [3.8, 4) is 0 Å². The van der Waals surface area contributed by atoms with Crippen molar-refractivity contribution >= 4 is 5.97 Å². The van der Waals surface area contributed by atoms with Crippen LogP contribution in [0, 0.1) is 11.8 Å². The molecule has 1 atom stereocenters. The Bertz CT molecular complexity index is 355. The van der Waals surface area contributed by atoms with Gasteiger partial charge in [0.2, 0.25) is 0 Å². The Labute approximate surface area is 101 Å². The second kappa shape index (κ2) is 5.82. The predicted octanol–water partition coefficient (Wildman–Crippen LogP) is 2.36. The summed E-state index contributed by atoms with van der Waals surface area (Å²) in [5.41, 5.74) is 1.10. The molecule has 1 unspecified atom stereocenters. The van der Waals surface area contributed by atoms with E-state index in [0.717, 1.165) is 18.4 Å². The standard InChI is InChI=1S/C14H18O3/c15-14(16)13(12-6-8-17-9-7-12)10-11-4-2-1-3-5-11/h1-5,12-13H,6-10H2,(H,15,16). The minimum atomic E-state index is -0.680. The number of carbonyl (C=O) groups is 1. The van der Waals surface area contributed by atoms with E-state index in [-0.39, 0.29) is 11.8 Å². The van der Waals surface area contributed by atoms with Crippen molar-refractivity contribution in [2.24, 2.45) is 11.8 Å². The molecule has 17 heavy (non-hydrogen) atoms. The molecule has 1 aromatic carbocycles. The molecule has 1 heterocycles. The molecule has 1 aliphatic rings. The zero-order chi connectivity index (χ0) is 12.1. The lowest BCUT2D eigenvalue weighted by Crippen LogP contribution is -2.30. The lowest BCUT2D eigenvalue weighted by molar-refractivity contribution is -0.145. The molecule has 1 saturated heterocycles. The van der Waals surface area contributed by atoms with Gasteiger partial charge in [-0.2, -0.15) is 0 Å². The van der Waals surface area contributed by atoms with Gasteiger partial charge in [0.25, 0.3) is 0 Å². The maximum atomic E-state index is 11.4. The van der Waals surface area contributed by atoms with Crippen LogP contribution in [0.5, 0.6) is 0 Å². The van der Waals surface area contributed by atoms with E-state index in [0.29, 0.717) is 19.6 Å². The molecule has 1 fully saturated rings. The third-order valence-corrected chi connectivity index (χ3v) is 3.45. The molecule has 1 aromatic rings. The zero-order valence-electron chi connectivity index (χ0n) is 9.84. The van der Waals surface area contributed by atoms with Gasteiger partial charge in [0.1, 0.15) is 0 Å². The monoisotopic (exact) mass is 234 g/mol. The summed E-state index contributed by atoms with van der Waals surface area (Å²) in [7, 11) is 0. The molecule has 0 radical (unpaired) electrons. The maximum Gasteiger partial charge on any atom is 0.307 e. The topological polar surface area (TPSA) is 46.5 Å². The molecule has 0 amide bonds. The fourth-order valence-corrected chi connectivity index (χ4v) is 2.44. The van der Waals surface area contributed by atoms with Gasteiger partial charge in [0.15, 0.2) is 0 Å². The van der Waals surface area contributed by atoms with Crippen LogP contribution in [-0.2, 0) is 16.0 Å². The van der Waals surface area contributed by atoms with Crippen LogP contribution in [-0.4, -0.2) is 24.3 Å². The maximum absolute atomic E-state index is 11.4. The summed E-state index contributed by atoms with van der Waals surface area (Å²) in [5.74, 6) is -0.705. The van der Waals surface area contributed by atoms with E-state index in [4.69, 9.17) is 4.74 Å². The molecule has 1 N–H and O–H groups in total. The molecule has 92 valence electrons. The summed E-state index contributed by atoms with van der Waals surface area (Å²) in [6, 6.07) is 9.86. The Balaban J connectivity index is 2.04. The van der Waals surface area contributed by atoms with Crippen LogP contribution in [0.15, 0.2) is 30.3 Å². The van der Waals surface area contributed by atoms with E-state index in [1.165, 1.54) is 0 Å². The first-order valence-corrected chi connectivity index (χ1v) is 6.12. The van der Waals surface area contributed by atoms with Crippen LogP contribution >= 0.6 is 0 Å². The summed E-state index contributed by atoms with van der Waals surface area (Å²) in [5, 5.41) is 9.35. The van der Waals surface area contributed by atoms with Crippen molar-refractivity contribution < 1.29 is 14.6 Å². The van der Waals surface area contributed by atoms with Gasteiger partial charge >= 0.3 is 5.97 Å². The SMILES string of the molecule is O=C(O)C(Cc1ccccc1)C1CCOCC1. The number of aliphatic carboxylic acids is 1. The Morgan fingerprint density at radius 2 is 1.94 bits per heavy atom. The van der Waals surface area contributed by atoms with Gasteiger partial charge < -0.3 is 9.84 Å². The number of hydrogen-bond donors (Lipinski definition) is 1. The highest BCUT2D eigenvalue weighted by Crippen LogP contribution is 2.27. The molecular weight excluding hydrogens is 216 g/mol. The summed E-state index contributed by atoms with van der Waals surface area (Å²) in [6.07, 6.45) is 2.36. The van der Waals surface area contributed by atoms with Gasteiger partial charge in [-0.3, -0.25) is 4.79 Å². The molecule has 3 nitrogen and oxygen atoms in total. The van der Waals surface area contributed by atoms with Gasteiger partial charge in [-0.25, -0.2) is 0 Å². The summed E-state index contributed by atoms with van der Waals surface area (Å²) in [4.78, 5) is 11.4. The first kappa shape index (κ1) is 12.1. The Kier molecular flexibility index (Phi) is 4.15. The summed E-state index contributed by atoms with van der Waals surface area (Å²) >= 11 is 0. The quantitative estimate of drug-likeness (QED) is 0.870. The van der Waals surface area contributed by atoms with Gasteiger partial charge in [-0.05, 0) is 30.7 Å². The summed E-state index contributed by atoms with van der Waals surface area (Å²) < 4.78 is 5.29. The van der Waals surface area contributed by atoms with Crippen molar-refractivity contribution in [3.05, 3.63) is 35.9 Å². The average molecular weight is 234 g/mol. The third-order valence-electron chi connectivity index (χ3n) is 3.45. The van der Waals surface area contributed by atoms with E-state index in [9.17, 15) is 9.90 Å². The number of hydrogen-bond acceptors (Lipinski definition) is 2. The minimum absolute atomic E-state index is 0.251. The number of ether oxygens (including phenoxy) is 1. The highest BCUT2D eigenvalue weighted by Gasteiger charge is 2.29. The normalized spacial score (nSPS) is 18.8. The van der Waals surface area contributed by atoms with Crippen LogP contribution in [0.2, 0.25) is 0 Å². The van der Waals surface area contributed by atoms with Crippen LogP contribution < -0.4 is 0 Å². The highest BCUT2D eigenvalue weighted by molar-refractivity contribution is 5.70. The molecule has 0 aliphatic carbocycles. The van der Waals surface area contributed by atoms with Gasteiger partial charge in [0.05, 0.1) is 5.92 Å². The fourth-order valence-electron chi connectivity index (χ4n) is 2.44. The number of carboxylic acids is 1. The second-order valence-corrected chi connectivity index (χ2v) is 4.58. The average Bonchev–Trinajstić information content (AvgIpc) is 2.38. The molecule has 0 saturated carbocycles. The van der Waals surface area contributed by atoms with Crippen LogP contribution in [0.25, 0.3) is 0 Å². The van der Waals surface area contributed by atoms with Crippen molar-refractivity contribution in [1.29, 1.82) is 0 Å². The van der Waals surface area contributed by atoms with E-state index >= 15 is 0 Å². The number of rotatable bonds is 4. The Morgan fingerprint density at radius 3 is 2.53 bits per heavy atom. The van der Waals surface area contributed by atoms with Gasteiger partial charge in [-0.1, -0.05) is 30.3 Å². The summed E-state index contributed by atoms with van der Waals surface area (Å²) in [6.45, 7) is 1.40. The number of carboxylic acid groups (broad SMARTS) is 1. The van der Waals surface area contributed by atoms with Gasteiger partial charge in [-0.15, -0.1) is 0 Å². The highest BCUT2D eigenvalue weighted by atomic mass is 16.5. The van der Waals surface area contributed by atoms with E-state index in [1.54, 1.807) is 0 Å². The molecule has 0 aromatic heterocycles. The van der Waals surface area contributed by atoms with E-state index < -0.39 is 5.97 Å². The predicted molar refractivity (Wildman–Crippen MR) is 64.8 cm³/mol. The Hall–Kier alpha value is -1.35. The van der Waals surface area contributed by atoms with Crippen molar-refractivity contribution in [3.63, 3.8) is 0 Å².